The maximum absolute atomic E-state index is 11.6. The highest BCUT2D eigenvalue weighted by Gasteiger charge is 2.16. The largest absolute Gasteiger partial charge is 0.342 e. The Kier molecular flexibility index (Phi) is 5.21. The van der Waals surface area contributed by atoms with Crippen LogP contribution < -0.4 is 5.32 Å². The van der Waals surface area contributed by atoms with Crippen LogP contribution >= 0.6 is 0 Å². The van der Waals surface area contributed by atoms with Gasteiger partial charge in [0.15, 0.2) is 0 Å². The number of carbonyl (C=O) groups excluding carboxylic acids is 1. The molecule has 1 fully saturated rings. The molecule has 0 aromatic rings. The van der Waals surface area contributed by atoms with E-state index in [-0.39, 0.29) is 17.4 Å². The minimum atomic E-state index is -2.90. The van der Waals surface area contributed by atoms with Crippen LogP contribution in [0.3, 0.4) is 0 Å². The molecule has 1 heterocycles. The summed E-state index contributed by atoms with van der Waals surface area (Å²) in [6.07, 6.45) is 1.48. The smallest absolute Gasteiger partial charge is 0.236 e. The number of carbonyl (C=O) groups is 1. The lowest BCUT2D eigenvalue weighted by molar-refractivity contribution is -0.129. The molecular formula is C10H20N2O3S. The van der Waals surface area contributed by atoms with E-state index in [1.807, 2.05) is 0 Å². The van der Waals surface area contributed by atoms with E-state index in [9.17, 15) is 13.2 Å². The van der Waals surface area contributed by atoms with Crippen LogP contribution in [0, 0.1) is 0 Å². The Balaban J connectivity index is 2.33. The molecule has 16 heavy (non-hydrogen) atoms. The lowest BCUT2D eigenvalue weighted by Crippen LogP contribution is -2.36. The van der Waals surface area contributed by atoms with E-state index in [4.69, 9.17) is 0 Å². The highest BCUT2D eigenvalue weighted by Crippen LogP contribution is 2.01. The van der Waals surface area contributed by atoms with Gasteiger partial charge < -0.3 is 10.2 Å². The van der Waals surface area contributed by atoms with Crippen molar-refractivity contribution in [2.24, 2.45) is 0 Å². The summed E-state index contributed by atoms with van der Waals surface area (Å²) in [6.45, 7) is 4.17. The van der Waals surface area contributed by atoms with Crippen molar-refractivity contribution in [2.75, 3.05) is 37.7 Å². The van der Waals surface area contributed by atoms with Crippen molar-refractivity contribution < 1.29 is 13.2 Å². The van der Waals surface area contributed by atoms with Crippen LogP contribution in [0.5, 0.6) is 0 Å². The average Bonchev–Trinajstić information content (AvgIpc) is 2.44. The molecule has 1 aliphatic rings. The molecular weight excluding hydrogens is 228 g/mol. The first-order valence-corrected chi connectivity index (χ1v) is 7.56. The summed E-state index contributed by atoms with van der Waals surface area (Å²) in [5.74, 6) is 0.440. The SMILES string of the molecule is CCS(=O)(=O)CCCN1CCCNCC1=O. The van der Waals surface area contributed by atoms with Crippen LogP contribution in [0.1, 0.15) is 19.8 Å². The van der Waals surface area contributed by atoms with Gasteiger partial charge in [0.2, 0.25) is 5.91 Å². The van der Waals surface area contributed by atoms with Crippen molar-refractivity contribution in [1.29, 1.82) is 0 Å². The van der Waals surface area contributed by atoms with Crippen molar-refractivity contribution in [2.45, 2.75) is 19.8 Å². The van der Waals surface area contributed by atoms with Crippen LogP contribution in [-0.2, 0) is 14.6 Å². The maximum atomic E-state index is 11.6. The summed E-state index contributed by atoms with van der Waals surface area (Å²) in [5.41, 5.74) is 0. The summed E-state index contributed by atoms with van der Waals surface area (Å²) in [6, 6.07) is 0. The fourth-order valence-corrected chi connectivity index (χ4v) is 2.54. The number of hydrogen-bond donors (Lipinski definition) is 1. The second kappa shape index (κ2) is 6.20. The predicted molar refractivity (Wildman–Crippen MR) is 63.0 cm³/mol. The third-order valence-corrected chi connectivity index (χ3v) is 4.52. The van der Waals surface area contributed by atoms with Gasteiger partial charge in [0.1, 0.15) is 9.84 Å². The fourth-order valence-electron chi connectivity index (χ4n) is 1.68. The summed E-state index contributed by atoms with van der Waals surface area (Å²) in [7, 11) is -2.90. The standard InChI is InChI=1S/C10H20N2O3S/c1-2-16(14,15)8-4-7-12-6-3-5-11-9-10(12)13/h11H,2-9H2,1H3. The number of rotatable bonds is 5. The highest BCUT2D eigenvalue weighted by molar-refractivity contribution is 7.91. The Hall–Kier alpha value is -0.620. The van der Waals surface area contributed by atoms with E-state index in [2.05, 4.69) is 5.32 Å². The van der Waals surface area contributed by atoms with Crippen molar-refractivity contribution in [3.63, 3.8) is 0 Å². The van der Waals surface area contributed by atoms with E-state index in [0.29, 0.717) is 19.5 Å². The molecule has 0 atom stereocenters. The molecule has 0 saturated carbocycles. The Morgan fingerprint density at radius 2 is 2.19 bits per heavy atom. The zero-order valence-corrected chi connectivity index (χ0v) is 10.6. The topological polar surface area (TPSA) is 66.5 Å². The van der Waals surface area contributed by atoms with Gasteiger partial charge in [0.05, 0.1) is 12.3 Å². The van der Waals surface area contributed by atoms with Crippen LogP contribution in [0.25, 0.3) is 0 Å². The predicted octanol–water partition coefficient (Wildman–Crippen LogP) is -0.367. The van der Waals surface area contributed by atoms with Gasteiger partial charge in [0.25, 0.3) is 0 Å². The van der Waals surface area contributed by atoms with Crippen LogP contribution in [0.15, 0.2) is 0 Å². The van der Waals surface area contributed by atoms with Gasteiger partial charge in [-0.15, -0.1) is 0 Å². The van der Waals surface area contributed by atoms with E-state index in [1.54, 1.807) is 11.8 Å². The lowest BCUT2D eigenvalue weighted by atomic mass is 10.3. The third-order valence-electron chi connectivity index (χ3n) is 2.73. The quantitative estimate of drug-likeness (QED) is 0.721. The Labute approximate surface area is 97.1 Å². The Bertz CT molecular complexity index is 327. The van der Waals surface area contributed by atoms with Gasteiger partial charge in [-0.05, 0) is 19.4 Å². The molecule has 1 rings (SSSR count). The van der Waals surface area contributed by atoms with E-state index < -0.39 is 9.84 Å². The first kappa shape index (κ1) is 13.4. The molecule has 1 aliphatic heterocycles. The van der Waals surface area contributed by atoms with Gasteiger partial charge in [-0.3, -0.25) is 4.79 Å². The van der Waals surface area contributed by atoms with E-state index >= 15 is 0 Å². The molecule has 0 aromatic carbocycles. The monoisotopic (exact) mass is 248 g/mol. The maximum Gasteiger partial charge on any atom is 0.236 e. The van der Waals surface area contributed by atoms with Crippen LogP contribution in [-0.4, -0.2) is 56.9 Å². The normalized spacial score (nSPS) is 18.6. The molecule has 0 aliphatic carbocycles. The number of sulfone groups is 1. The van der Waals surface area contributed by atoms with Crippen LogP contribution in [0.4, 0.5) is 0 Å². The summed E-state index contributed by atoms with van der Waals surface area (Å²) >= 11 is 0. The summed E-state index contributed by atoms with van der Waals surface area (Å²) in [4.78, 5) is 13.3. The molecule has 0 unspecified atom stereocenters. The number of nitrogens with zero attached hydrogens (tertiary/aromatic N) is 1. The molecule has 0 radical (unpaired) electrons. The summed E-state index contributed by atoms with van der Waals surface area (Å²) in [5, 5.41) is 3.04. The number of nitrogens with one attached hydrogen (secondary N) is 1. The first-order chi connectivity index (χ1) is 7.55. The van der Waals surface area contributed by atoms with Gasteiger partial charge in [-0.1, -0.05) is 6.92 Å². The second-order valence-electron chi connectivity index (χ2n) is 4.00. The number of amides is 1. The van der Waals surface area contributed by atoms with Gasteiger partial charge in [0, 0.05) is 18.8 Å². The molecule has 1 amide bonds. The average molecular weight is 248 g/mol. The molecule has 0 spiro atoms. The van der Waals surface area contributed by atoms with E-state index in [0.717, 1.165) is 19.5 Å². The van der Waals surface area contributed by atoms with Crippen molar-refractivity contribution in [3.05, 3.63) is 0 Å². The molecule has 6 heteroatoms. The molecule has 94 valence electrons. The fraction of sp³-hybridized carbons (Fsp3) is 0.900. The lowest BCUT2D eigenvalue weighted by Gasteiger charge is -2.19. The molecule has 0 bridgehead atoms. The highest BCUT2D eigenvalue weighted by atomic mass is 32.2. The van der Waals surface area contributed by atoms with Crippen molar-refractivity contribution in [3.8, 4) is 0 Å². The molecule has 1 saturated heterocycles. The molecule has 0 aromatic heterocycles. The van der Waals surface area contributed by atoms with Crippen molar-refractivity contribution >= 4 is 15.7 Å². The van der Waals surface area contributed by atoms with E-state index in [1.165, 1.54) is 0 Å². The van der Waals surface area contributed by atoms with Gasteiger partial charge >= 0.3 is 0 Å². The van der Waals surface area contributed by atoms with Gasteiger partial charge in [-0.25, -0.2) is 8.42 Å². The molecule has 5 nitrogen and oxygen atoms in total. The Morgan fingerprint density at radius 3 is 2.88 bits per heavy atom. The minimum Gasteiger partial charge on any atom is -0.342 e. The Morgan fingerprint density at radius 1 is 1.44 bits per heavy atom. The summed E-state index contributed by atoms with van der Waals surface area (Å²) < 4.78 is 22.5. The first-order valence-electron chi connectivity index (χ1n) is 5.74. The van der Waals surface area contributed by atoms with Crippen LogP contribution in [0.2, 0.25) is 0 Å². The zero-order valence-electron chi connectivity index (χ0n) is 9.74. The number of hydrogen-bond acceptors (Lipinski definition) is 4. The second-order valence-corrected chi connectivity index (χ2v) is 6.47. The van der Waals surface area contributed by atoms with Crippen molar-refractivity contribution in [1.82, 2.24) is 10.2 Å². The molecule has 1 N–H and O–H groups in total. The third kappa shape index (κ3) is 4.49. The van der Waals surface area contributed by atoms with Gasteiger partial charge in [-0.2, -0.15) is 0 Å². The minimum absolute atomic E-state index is 0.0754. The zero-order chi connectivity index (χ0) is 12.0.